The fourth-order valence-electron chi connectivity index (χ4n) is 4.34. The van der Waals surface area contributed by atoms with Crippen LogP contribution in [-0.2, 0) is 0 Å². The molecule has 1 saturated heterocycles. The molecule has 3 rings (SSSR count). The lowest BCUT2D eigenvalue weighted by atomic mass is 9.72. The largest absolute Gasteiger partial charge is 0.478 e. The molecule has 0 saturated carbocycles. The van der Waals surface area contributed by atoms with E-state index in [9.17, 15) is 4.79 Å². The number of allylic oxidation sites excluding steroid dienone is 2. The van der Waals surface area contributed by atoms with Crippen LogP contribution < -0.4 is 4.90 Å². The van der Waals surface area contributed by atoms with Crippen LogP contribution >= 0.6 is 0 Å². The zero-order valence-corrected chi connectivity index (χ0v) is 17.6. The van der Waals surface area contributed by atoms with Gasteiger partial charge in [-0.05, 0) is 60.9 Å². The average Bonchev–Trinajstić information content (AvgIpc) is 2.69. The first kappa shape index (κ1) is 20.7. The second-order valence-corrected chi connectivity index (χ2v) is 9.00. The van der Waals surface area contributed by atoms with Crippen molar-refractivity contribution in [3.63, 3.8) is 0 Å². The van der Waals surface area contributed by atoms with Crippen molar-refractivity contribution in [3.05, 3.63) is 53.1 Å². The number of carbonyl (C=O) groups is 1. The Hall–Kier alpha value is -2.07. The third kappa shape index (κ3) is 4.85. The summed E-state index contributed by atoms with van der Waals surface area (Å²) < 4.78 is 0. The first-order valence-corrected chi connectivity index (χ1v) is 10.5. The van der Waals surface area contributed by atoms with Crippen LogP contribution in [-0.4, -0.2) is 48.7 Å². The summed E-state index contributed by atoms with van der Waals surface area (Å²) >= 11 is 0. The van der Waals surface area contributed by atoms with E-state index in [1.54, 1.807) is 17.7 Å². The van der Waals surface area contributed by atoms with E-state index in [0.29, 0.717) is 11.0 Å². The van der Waals surface area contributed by atoms with Crippen LogP contribution in [0, 0.1) is 5.41 Å². The van der Waals surface area contributed by atoms with Gasteiger partial charge in [0, 0.05) is 38.4 Å². The highest BCUT2D eigenvalue weighted by molar-refractivity contribution is 5.88. The minimum atomic E-state index is -0.871. The summed E-state index contributed by atoms with van der Waals surface area (Å²) in [6.45, 7) is 16.4. The van der Waals surface area contributed by atoms with Gasteiger partial charge in [0.05, 0.1) is 5.56 Å². The summed E-state index contributed by atoms with van der Waals surface area (Å²) in [5, 5.41) is 9.06. The van der Waals surface area contributed by atoms with Crippen LogP contribution in [0.4, 0.5) is 5.69 Å². The molecule has 1 fully saturated rings. The Morgan fingerprint density at radius 3 is 2.36 bits per heavy atom. The van der Waals surface area contributed by atoms with Gasteiger partial charge in [0.25, 0.3) is 0 Å². The Kier molecular flexibility index (Phi) is 6.29. The Morgan fingerprint density at radius 1 is 1.14 bits per heavy atom. The summed E-state index contributed by atoms with van der Waals surface area (Å²) in [6.07, 6.45) is 4.65. The summed E-state index contributed by atoms with van der Waals surface area (Å²) in [5.41, 5.74) is 6.30. The summed E-state index contributed by atoms with van der Waals surface area (Å²) in [5.74, 6) is -0.871. The highest BCUT2D eigenvalue weighted by atomic mass is 16.4. The molecule has 0 radical (unpaired) electrons. The number of rotatable bonds is 6. The highest BCUT2D eigenvalue weighted by Gasteiger charge is 2.29. The molecule has 1 aliphatic heterocycles. The summed E-state index contributed by atoms with van der Waals surface area (Å²) in [4.78, 5) is 15.9. The maximum Gasteiger partial charge on any atom is 0.335 e. The molecule has 152 valence electrons. The van der Waals surface area contributed by atoms with Crippen molar-refractivity contribution in [2.45, 2.75) is 46.5 Å². The normalized spacial score (nSPS) is 20.3. The van der Waals surface area contributed by atoms with E-state index >= 15 is 0 Å². The van der Waals surface area contributed by atoms with Gasteiger partial charge in [-0.15, -0.1) is 0 Å². The van der Waals surface area contributed by atoms with Crippen LogP contribution in [0.15, 0.2) is 47.6 Å². The van der Waals surface area contributed by atoms with Gasteiger partial charge >= 0.3 is 5.97 Å². The number of anilines is 1. The standard InChI is InChI=1S/C24H34N2O2/c1-5-18(2)22-16-24(3,4)11-10-20(22)17-25-12-14-26(15-13-25)21-8-6-19(7-9-21)23(27)28/h6-9H,2,5,10-17H2,1,3-4H3,(H,27,28). The van der Waals surface area contributed by atoms with Crippen molar-refractivity contribution in [2.24, 2.45) is 5.41 Å². The smallest absolute Gasteiger partial charge is 0.335 e. The van der Waals surface area contributed by atoms with Crippen molar-refractivity contribution >= 4 is 11.7 Å². The van der Waals surface area contributed by atoms with E-state index in [1.165, 1.54) is 24.0 Å². The molecule has 4 nitrogen and oxygen atoms in total. The van der Waals surface area contributed by atoms with Crippen molar-refractivity contribution in [1.29, 1.82) is 0 Å². The zero-order valence-electron chi connectivity index (χ0n) is 17.6. The fraction of sp³-hybridized carbons (Fsp3) is 0.542. The molecule has 1 aromatic rings. The maximum absolute atomic E-state index is 11.0. The van der Waals surface area contributed by atoms with Gasteiger partial charge in [-0.25, -0.2) is 4.79 Å². The molecule has 1 N–H and O–H groups in total. The van der Waals surface area contributed by atoms with E-state index < -0.39 is 5.97 Å². The van der Waals surface area contributed by atoms with E-state index in [-0.39, 0.29) is 0 Å². The second kappa shape index (κ2) is 8.52. The van der Waals surface area contributed by atoms with E-state index in [0.717, 1.165) is 51.3 Å². The first-order chi connectivity index (χ1) is 13.3. The molecule has 1 aliphatic carbocycles. The third-order valence-corrected chi connectivity index (χ3v) is 6.31. The van der Waals surface area contributed by atoms with Crippen LogP contribution in [0.1, 0.15) is 56.8 Å². The molecular weight excluding hydrogens is 348 g/mol. The number of carboxylic acids is 1. The monoisotopic (exact) mass is 382 g/mol. The number of hydrogen-bond donors (Lipinski definition) is 1. The minimum absolute atomic E-state index is 0.346. The molecule has 0 atom stereocenters. The Labute approximate surface area is 169 Å². The van der Waals surface area contributed by atoms with Gasteiger partial charge in [-0.1, -0.05) is 38.5 Å². The predicted molar refractivity (Wildman–Crippen MR) is 116 cm³/mol. The quantitative estimate of drug-likeness (QED) is 0.754. The molecule has 0 aromatic heterocycles. The zero-order chi connectivity index (χ0) is 20.3. The molecule has 0 spiro atoms. The van der Waals surface area contributed by atoms with E-state index in [1.807, 2.05) is 12.1 Å². The highest BCUT2D eigenvalue weighted by Crippen LogP contribution is 2.41. The lowest BCUT2D eigenvalue weighted by Gasteiger charge is -2.39. The maximum atomic E-state index is 11.0. The second-order valence-electron chi connectivity index (χ2n) is 9.00. The van der Waals surface area contributed by atoms with Crippen LogP contribution in [0.3, 0.4) is 0 Å². The lowest BCUT2D eigenvalue weighted by molar-refractivity contribution is 0.0697. The average molecular weight is 383 g/mol. The molecule has 1 heterocycles. The number of aromatic carboxylic acids is 1. The van der Waals surface area contributed by atoms with Gasteiger partial charge in [-0.3, -0.25) is 4.90 Å². The van der Waals surface area contributed by atoms with Crippen molar-refractivity contribution in [1.82, 2.24) is 4.90 Å². The predicted octanol–water partition coefficient (Wildman–Crippen LogP) is 4.98. The van der Waals surface area contributed by atoms with E-state index in [4.69, 9.17) is 5.11 Å². The molecule has 28 heavy (non-hydrogen) atoms. The topological polar surface area (TPSA) is 43.8 Å². The summed E-state index contributed by atoms with van der Waals surface area (Å²) in [6, 6.07) is 7.24. The third-order valence-electron chi connectivity index (χ3n) is 6.31. The molecule has 0 amide bonds. The van der Waals surface area contributed by atoms with E-state index in [2.05, 4.69) is 37.1 Å². The van der Waals surface area contributed by atoms with Crippen LogP contribution in [0.5, 0.6) is 0 Å². The van der Waals surface area contributed by atoms with Gasteiger partial charge in [0.2, 0.25) is 0 Å². The molecule has 2 aliphatic rings. The van der Waals surface area contributed by atoms with Crippen molar-refractivity contribution < 1.29 is 9.90 Å². The van der Waals surface area contributed by atoms with Gasteiger partial charge in [-0.2, -0.15) is 0 Å². The SMILES string of the molecule is C=C(CC)C1=C(CN2CCN(c3ccc(C(=O)O)cc3)CC2)CCC(C)(C)C1. The van der Waals surface area contributed by atoms with Crippen LogP contribution in [0.25, 0.3) is 0 Å². The summed E-state index contributed by atoms with van der Waals surface area (Å²) in [7, 11) is 0. The minimum Gasteiger partial charge on any atom is -0.478 e. The number of carboxylic acid groups (broad SMARTS) is 1. The Balaban J connectivity index is 1.62. The van der Waals surface area contributed by atoms with Crippen LogP contribution in [0.2, 0.25) is 0 Å². The number of piperazine rings is 1. The molecule has 0 unspecified atom stereocenters. The van der Waals surface area contributed by atoms with Gasteiger partial charge in [0.15, 0.2) is 0 Å². The van der Waals surface area contributed by atoms with Crippen molar-refractivity contribution in [2.75, 3.05) is 37.6 Å². The van der Waals surface area contributed by atoms with Gasteiger partial charge in [0.1, 0.15) is 0 Å². The number of nitrogens with zero attached hydrogens (tertiary/aromatic N) is 2. The van der Waals surface area contributed by atoms with Gasteiger partial charge < -0.3 is 10.0 Å². The number of benzene rings is 1. The first-order valence-electron chi connectivity index (χ1n) is 10.5. The fourth-order valence-corrected chi connectivity index (χ4v) is 4.34. The lowest BCUT2D eigenvalue weighted by Crippen LogP contribution is -2.47. The Morgan fingerprint density at radius 2 is 1.79 bits per heavy atom. The molecular formula is C24H34N2O2. The number of hydrogen-bond acceptors (Lipinski definition) is 3. The van der Waals surface area contributed by atoms with Crippen molar-refractivity contribution in [3.8, 4) is 0 Å². The molecule has 0 bridgehead atoms. The Bertz CT molecular complexity index is 753. The molecule has 4 heteroatoms. The molecule has 1 aromatic carbocycles.